The van der Waals surface area contributed by atoms with E-state index >= 15 is 4.79 Å². The standard InChI is InChI=1S/C59H93N7O15/c1-17-46-59(11,72)51(80-55(69)60-29-41-21-23-44(73-15)24-22-41)39(7)65(14)31-35(3)27-57(9,71)50(79-54-48(67)45(64(12)13)26-36(4)75-54)37(5)49(38(6)53(68)77-46)78-47-28-58(10,74-16)52(40(8)76-47)81-56(70)61-30-43-33-66(63-62-43)32-42-20-18-19-34(2)25-42/h18-25,33,35-40,45-52,54,67,71-72H,17,26-32H2,1-16H3,(H,60,69)(H,61,70)/t35-,36-,37+,38-,39+,40+,45+,46+,47+,48-,49-,50-,51+,52+,54+,57-,58-,59-/m1/s1. The van der Waals surface area contributed by atoms with Crippen LogP contribution in [0.4, 0.5) is 9.59 Å². The van der Waals surface area contributed by atoms with Gasteiger partial charge in [0.25, 0.3) is 0 Å². The minimum atomic E-state index is -1.96. The van der Waals surface area contributed by atoms with E-state index in [1.165, 1.54) is 14.0 Å². The van der Waals surface area contributed by atoms with E-state index < -0.39 is 108 Å². The van der Waals surface area contributed by atoms with Crippen molar-refractivity contribution in [3.8, 4) is 5.75 Å². The summed E-state index contributed by atoms with van der Waals surface area (Å²) in [5, 5.41) is 51.6. The first-order valence-corrected chi connectivity index (χ1v) is 28.4. The van der Waals surface area contributed by atoms with Gasteiger partial charge in [-0.3, -0.25) is 9.69 Å². The molecule has 3 aliphatic rings. The van der Waals surface area contributed by atoms with Crippen molar-refractivity contribution in [3.63, 3.8) is 0 Å². The van der Waals surface area contributed by atoms with E-state index in [0.717, 1.165) is 16.7 Å². The monoisotopic (exact) mass is 1140 g/mol. The fraction of sp³-hybridized carbons (Fsp3) is 0.712. The van der Waals surface area contributed by atoms with Gasteiger partial charge in [0.2, 0.25) is 0 Å². The van der Waals surface area contributed by atoms with Crippen molar-refractivity contribution in [3.05, 3.63) is 77.1 Å². The van der Waals surface area contributed by atoms with Crippen LogP contribution in [-0.2, 0) is 62.3 Å². The predicted molar refractivity (Wildman–Crippen MR) is 300 cm³/mol. The van der Waals surface area contributed by atoms with Gasteiger partial charge in [-0.1, -0.05) is 67.9 Å². The smallest absolute Gasteiger partial charge is 0.407 e. The molecule has 22 nitrogen and oxygen atoms in total. The maximum absolute atomic E-state index is 15.0. The van der Waals surface area contributed by atoms with E-state index in [1.807, 2.05) is 89.0 Å². The van der Waals surface area contributed by atoms with Crippen molar-refractivity contribution in [1.29, 1.82) is 0 Å². The highest BCUT2D eigenvalue weighted by molar-refractivity contribution is 5.73. The third-order valence-electron chi connectivity index (χ3n) is 16.6. The number of aryl methyl sites for hydroxylation is 1. The molecule has 0 radical (unpaired) electrons. The molecule has 3 fully saturated rings. The van der Waals surface area contributed by atoms with Crippen LogP contribution in [0.5, 0.6) is 5.75 Å². The molecule has 5 N–H and O–H groups in total. The van der Waals surface area contributed by atoms with Crippen LogP contribution in [0.25, 0.3) is 0 Å². The number of carbonyl (C=O) groups is 3. The Balaban J connectivity index is 1.29. The average molecular weight is 1140 g/mol. The van der Waals surface area contributed by atoms with Crippen molar-refractivity contribution in [2.45, 2.75) is 212 Å². The number of likely N-dealkylation sites (N-methyl/N-ethyl adjacent to an activating group) is 2. The summed E-state index contributed by atoms with van der Waals surface area (Å²) in [6.45, 7) is 20.6. The number of methoxy groups -OCH3 is 2. The molecule has 4 heterocycles. The van der Waals surface area contributed by atoms with Gasteiger partial charge in [0.1, 0.15) is 34.9 Å². The lowest BCUT2D eigenvalue weighted by Crippen LogP contribution is -2.61. The average Bonchev–Trinajstić information content (AvgIpc) is 3.86. The molecule has 0 saturated carbocycles. The Morgan fingerprint density at radius 3 is 2.17 bits per heavy atom. The molecular formula is C59H93N7O15. The summed E-state index contributed by atoms with van der Waals surface area (Å²) in [4.78, 5) is 46.2. The fourth-order valence-electron chi connectivity index (χ4n) is 12.0. The molecule has 3 saturated heterocycles. The van der Waals surface area contributed by atoms with Crippen LogP contribution >= 0.6 is 0 Å². The Hall–Kier alpha value is -5.01. The molecule has 22 heteroatoms. The first-order chi connectivity index (χ1) is 38.1. The summed E-state index contributed by atoms with van der Waals surface area (Å²) in [6, 6.07) is 14.3. The number of carbonyl (C=O) groups excluding carboxylic acids is 3. The third-order valence-corrected chi connectivity index (χ3v) is 16.6. The number of esters is 1. The Bertz CT molecular complexity index is 2500. The Morgan fingerprint density at radius 1 is 0.877 bits per heavy atom. The van der Waals surface area contributed by atoms with E-state index in [9.17, 15) is 24.9 Å². The van der Waals surface area contributed by atoms with Gasteiger partial charge in [-0.05, 0) is 125 Å². The van der Waals surface area contributed by atoms with Crippen LogP contribution in [0, 0.1) is 24.7 Å². The highest BCUT2D eigenvalue weighted by Crippen LogP contribution is 2.41. The van der Waals surface area contributed by atoms with Gasteiger partial charge < -0.3 is 73.5 Å². The molecule has 81 heavy (non-hydrogen) atoms. The zero-order chi connectivity index (χ0) is 59.7. The van der Waals surface area contributed by atoms with E-state index in [2.05, 4.69) is 27.0 Å². The second-order valence-corrected chi connectivity index (χ2v) is 23.9. The number of hydrogen-bond donors (Lipinski definition) is 5. The molecule has 0 bridgehead atoms. The molecule has 454 valence electrons. The first kappa shape index (κ1) is 65.1. The quantitative estimate of drug-likeness (QED) is 0.0848. The molecule has 1 aromatic heterocycles. The molecule has 2 aromatic carbocycles. The first-order valence-electron chi connectivity index (χ1n) is 28.4. The number of nitrogens with zero attached hydrogens (tertiary/aromatic N) is 5. The number of aliphatic hydroxyl groups is 3. The third kappa shape index (κ3) is 16.6. The van der Waals surface area contributed by atoms with Gasteiger partial charge >= 0.3 is 18.2 Å². The fourth-order valence-corrected chi connectivity index (χ4v) is 12.0. The lowest BCUT2D eigenvalue weighted by Gasteiger charge is -2.49. The Labute approximate surface area is 478 Å². The number of hydrogen-bond acceptors (Lipinski definition) is 19. The van der Waals surface area contributed by atoms with Gasteiger partial charge in [0.05, 0.1) is 62.3 Å². The predicted octanol–water partition coefficient (Wildman–Crippen LogP) is 5.73. The maximum Gasteiger partial charge on any atom is 0.407 e. The van der Waals surface area contributed by atoms with Gasteiger partial charge in [-0.15, -0.1) is 5.10 Å². The van der Waals surface area contributed by atoms with Crippen molar-refractivity contribution in [2.24, 2.45) is 17.8 Å². The summed E-state index contributed by atoms with van der Waals surface area (Å²) in [5.41, 5.74) is -1.36. The largest absolute Gasteiger partial charge is 0.497 e. The van der Waals surface area contributed by atoms with Crippen LogP contribution < -0.4 is 15.4 Å². The minimum Gasteiger partial charge on any atom is -0.497 e. The summed E-state index contributed by atoms with van der Waals surface area (Å²) < 4.78 is 58.5. The number of aromatic nitrogens is 3. The minimum absolute atomic E-state index is 0.00551. The number of aliphatic hydroxyl groups excluding tert-OH is 1. The van der Waals surface area contributed by atoms with Crippen LogP contribution in [0.1, 0.15) is 117 Å². The van der Waals surface area contributed by atoms with Crippen LogP contribution in [0.15, 0.2) is 54.7 Å². The number of alkyl carbamates (subject to hydrolysis) is 2. The molecule has 0 spiro atoms. The van der Waals surface area contributed by atoms with Crippen LogP contribution in [-0.4, -0.2) is 190 Å². The van der Waals surface area contributed by atoms with Gasteiger partial charge in [-0.25, -0.2) is 14.3 Å². The number of nitrogens with one attached hydrogen (secondary N) is 2. The molecule has 18 atom stereocenters. The van der Waals surface area contributed by atoms with E-state index in [1.54, 1.807) is 71.7 Å². The van der Waals surface area contributed by atoms with Crippen molar-refractivity contribution in [1.82, 2.24) is 35.4 Å². The SMILES string of the molecule is CC[C@@H]1OC(=O)[C@H](C)[C@H](O[C@H]2C[C@@](C)(OC)[C@@H](OC(=O)NCc3cn(Cc4cccc(C)c4)nn3)[C@H](C)O2)[C@H](C)[C@@H](O[C@@H]2O[C@H](C)C[C@H](N(C)C)[C@H]2O)[C@](C)(O)C[C@@H](C)CN(C)[C@@H](C)[C@H](OC(=O)NCc2ccc(OC)cc2)[C@]1(C)O. The second kappa shape index (κ2) is 28.0. The number of rotatable bonds is 16. The molecular weight excluding hydrogens is 1050 g/mol. The molecule has 3 aliphatic heterocycles. The van der Waals surface area contributed by atoms with E-state index in [-0.39, 0.29) is 50.4 Å². The lowest BCUT2D eigenvalue weighted by molar-refractivity contribution is -0.317. The summed E-state index contributed by atoms with van der Waals surface area (Å²) in [6.07, 6.45) is -9.35. The zero-order valence-electron chi connectivity index (χ0n) is 50.5. The zero-order valence-corrected chi connectivity index (χ0v) is 50.5. The maximum atomic E-state index is 15.0. The Morgan fingerprint density at radius 2 is 1.54 bits per heavy atom. The van der Waals surface area contributed by atoms with Crippen LogP contribution in [0.3, 0.4) is 0 Å². The highest BCUT2D eigenvalue weighted by Gasteiger charge is 2.54. The van der Waals surface area contributed by atoms with Gasteiger partial charge in [0, 0.05) is 44.6 Å². The topological polar surface area (TPSA) is 256 Å². The molecule has 2 amide bonds. The normalized spacial score (nSPS) is 35.7. The molecule has 6 rings (SSSR count). The molecule has 0 unspecified atom stereocenters. The molecule has 0 aliphatic carbocycles. The summed E-state index contributed by atoms with van der Waals surface area (Å²) >= 11 is 0. The number of cyclic esters (lactones) is 1. The van der Waals surface area contributed by atoms with Crippen molar-refractivity contribution in [2.75, 3.05) is 41.9 Å². The van der Waals surface area contributed by atoms with E-state index in [0.29, 0.717) is 31.0 Å². The van der Waals surface area contributed by atoms with Gasteiger partial charge in [0.15, 0.2) is 24.8 Å². The molecule has 3 aromatic rings. The summed E-state index contributed by atoms with van der Waals surface area (Å²) in [7, 11) is 8.65. The number of amides is 2. The highest BCUT2D eigenvalue weighted by atomic mass is 16.7. The lowest BCUT2D eigenvalue weighted by atomic mass is 9.77. The Kier molecular flexibility index (Phi) is 22.6. The van der Waals surface area contributed by atoms with Crippen LogP contribution in [0.2, 0.25) is 0 Å². The number of benzene rings is 2. The van der Waals surface area contributed by atoms with Crippen molar-refractivity contribution >= 4 is 18.2 Å². The summed E-state index contributed by atoms with van der Waals surface area (Å²) in [5.74, 6) is -2.42. The van der Waals surface area contributed by atoms with E-state index in [4.69, 9.17) is 42.6 Å². The second-order valence-electron chi connectivity index (χ2n) is 23.9. The van der Waals surface area contributed by atoms with Gasteiger partial charge in [-0.2, -0.15) is 0 Å². The number of ether oxygens (including phenoxy) is 9. The van der Waals surface area contributed by atoms with Crippen molar-refractivity contribution < 1.29 is 72.3 Å².